The number of nitrogens with zero attached hydrogens (tertiary/aromatic N) is 2. The summed E-state index contributed by atoms with van der Waals surface area (Å²) in [7, 11) is 0. The van der Waals surface area contributed by atoms with Crippen LogP contribution < -0.4 is 16.8 Å². The molecule has 5 rings (SSSR count). The number of nitrogens with one attached hydrogen (secondary N) is 1. The minimum Gasteiger partial charge on any atom is -0.399 e. The van der Waals surface area contributed by atoms with Crippen LogP contribution >= 0.6 is 0 Å². The van der Waals surface area contributed by atoms with Gasteiger partial charge in [0.2, 0.25) is 0 Å². The van der Waals surface area contributed by atoms with E-state index < -0.39 is 5.66 Å². The SMILES string of the molecule is Nc1ccc2c(c1)C(N)(c1ccc3c(ccn3Cc3ccccc3)c1)N=CN2. The van der Waals surface area contributed by atoms with Crippen LogP contribution in [0.3, 0.4) is 0 Å². The van der Waals surface area contributed by atoms with Crippen LogP contribution in [0, 0.1) is 0 Å². The van der Waals surface area contributed by atoms with Crippen LogP contribution in [-0.4, -0.2) is 10.9 Å². The van der Waals surface area contributed by atoms with Crippen molar-refractivity contribution >= 4 is 28.6 Å². The second kappa shape index (κ2) is 6.25. The zero-order chi connectivity index (χ0) is 19.1. The smallest absolute Gasteiger partial charge is 0.163 e. The molecule has 0 saturated carbocycles. The van der Waals surface area contributed by atoms with Gasteiger partial charge >= 0.3 is 0 Å². The maximum absolute atomic E-state index is 6.78. The summed E-state index contributed by atoms with van der Waals surface area (Å²) >= 11 is 0. The van der Waals surface area contributed by atoms with Gasteiger partial charge in [-0.2, -0.15) is 0 Å². The van der Waals surface area contributed by atoms with E-state index in [1.165, 1.54) is 11.1 Å². The molecule has 1 aliphatic rings. The van der Waals surface area contributed by atoms with Gasteiger partial charge in [0.05, 0.1) is 6.34 Å². The number of hydrogen-bond acceptors (Lipinski definition) is 4. The molecule has 5 N–H and O–H groups in total. The molecule has 138 valence electrons. The standard InChI is InChI=1S/C23H21N5/c24-19-7-8-21-20(13-19)23(25,27-15-26-21)18-6-9-22-17(12-18)10-11-28(22)14-16-4-2-1-3-5-16/h1-13,15H,14,24-25H2,(H,26,27). The summed E-state index contributed by atoms with van der Waals surface area (Å²) in [5, 5.41) is 4.29. The first kappa shape index (κ1) is 16.6. The number of aromatic nitrogens is 1. The highest BCUT2D eigenvalue weighted by Gasteiger charge is 2.33. The molecule has 0 bridgehead atoms. The van der Waals surface area contributed by atoms with E-state index in [9.17, 15) is 0 Å². The van der Waals surface area contributed by atoms with Crippen LogP contribution in [0.4, 0.5) is 11.4 Å². The Morgan fingerprint density at radius 1 is 0.964 bits per heavy atom. The highest BCUT2D eigenvalue weighted by Crippen LogP contribution is 2.38. The number of benzene rings is 3. The molecule has 0 spiro atoms. The van der Waals surface area contributed by atoms with Gasteiger partial charge in [-0.1, -0.05) is 36.4 Å². The van der Waals surface area contributed by atoms with Crippen molar-refractivity contribution in [1.82, 2.24) is 4.57 Å². The summed E-state index contributed by atoms with van der Waals surface area (Å²) in [6.07, 6.45) is 3.77. The lowest BCUT2D eigenvalue weighted by molar-refractivity contribution is 0.572. The average molecular weight is 367 g/mol. The Morgan fingerprint density at radius 3 is 2.68 bits per heavy atom. The minimum absolute atomic E-state index is 0.669. The molecule has 28 heavy (non-hydrogen) atoms. The Hall–Kier alpha value is -3.57. The van der Waals surface area contributed by atoms with Crippen LogP contribution in [0.2, 0.25) is 0 Å². The van der Waals surface area contributed by atoms with E-state index in [0.717, 1.165) is 28.7 Å². The molecular formula is C23H21N5. The summed E-state index contributed by atoms with van der Waals surface area (Å²) in [6.45, 7) is 0.832. The highest BCUT2D eigenvalue weighted by molar-refractivity contribution is 5.85. The number of rotatable bonds is 3. The molecule has 1 aromatic heterocycles. The summed E-state index contributed by atoms with van der Waals surface area (Å²) in [5.41, 5.74) is 17.7. The van der Waals surface area contributed by atoms with Crippen LogP contribution in [0.5, 0.6) is 0 Å². The van der Waals surface area contributed by atoms with E-state index in [-0.39, 0.29) is 0 Å². The third-order valence-electron chi connectivity index (χ3n) is 5.35. The Labute approximate surface area is 163 Å². The number of fused-ring (bicyclic) bond motifs is 2. The van der Waals surface area contributed by atoms with Crippen LogP contribution in [0.1, 0.15) is 16.7 Å². The summed E-state index contributed by atoms with van der Waals surface area (Å²) in [6, 6.07) is 24.5. The van der Waals surface area contributed by atoms with Gasteiger partial charge in [0.1, 0.15) is 0 Å². The molecule has 0 saturated heterocycles. The molecule has 5 nitrogen and oxygen atoms in total. The summed E-state index contributed by atoms with van der Waals surface area (Å²) in [5.74, 6) is 0. The second-order valence-corrected chi connectivity index (χ2v) is 7.18. The molecule has 0 amide bonds. The molecule has 1 atom stereocenters. The van der Waals surface area contributed by atoms with Gasteiger partial charge in [0.15, 0.2) is 5.66 Å². The summed E-state index contributed by atoms with van der Waals surface area (Å²) < 4.78 is 2.25. The fourth-order valence-electron chi connectivity index (χ4n) is 3.86. The molecule has 0 aliphatic carbocycles. The zero-order valence-corrected chi connectivity index (χ0v) is 15.3. The molecular weight excluding hydrogens is 346 g/mol. The second-order valence-electron chi connectivity index (χ2n) is 7.18. The molecule has 0 radical (unpaired) electrons. The van der Waals surface area contributed by atoms with Crippen LogP contribution in [0.25, 0.3) is 10.9 Å². The van der Waals surface area contributed by atoms with E-state index in [1.54, 1.807) is 6.34 Å². The van der Waals surface area contributed by atoms with Crippen molar-refractivity contribution in [2.45, 2.75) is 12.2 Å². The van der Waals surface area contributed by atoms with Crippen molar-refractivity contribution in [1.29, 1.82) is 0 Å². The number of nitrogen functional groups attached to an aromatic ring is 1. The van der Waals surface area contributed by atoms with Crippen molar-refractivity contribution in [2.24, 2.45) is 10.7 Å². The van der Waals surface area contributed by atoms with Crippen molar-refractivity contribution in [2.75, 3.05) is 11.1 Å². The van der Waals surface area contributed by atoms with Crippen molar-refractivity contribution < 1.29 is 0 Å². The first-order valence-corrected chi connectivity index (χ1v) is 9.26. The van der Waals surface area contributed by atoms with E-state index in [2.05, 4.69) is 69.6 Å². The predicted octanol–water partition coefficient (Wildman–Crippen LogP) is 3.89. The lowest BCUT2D eigenvalue weighted by Gasteiger charge is -2.31. The van der Waals surface area contributed by atoms with Gasteiger partial charge < -0.3 is 15.6 Å². The quantitative estimate of drug-likeness (QED) is 0.481. The zero-order valence-electron chi connectivity index (χ0n) is 15.3. The number of hydrogen-bond donors (Lipinski definition) is 3. The summed E-state index contributed by atoms with van der Waals surface area (Å²) in [4.78, 5) is 4.57. The van der Waals surface area contributed by atoms with Gasteiger partial charge in [-0.05, 0) is 47.5 Å². The normalized spacial score (nSPS) is 18.0. The first-order valence-electron chi connectivity index (χ1n) is 9.26. The monoisotopic (exact) mass is 367 g/mol. The molecule has 2 heterocycles. The predicted molar refractivity (Wildman–Crippen MR) is 115 cm³/mol. The molecule has 1 unspecified atom stereocenters. The van der Waals surface area contributed by atoms with Gasteiger partial charge in [-0.3, -0.25) is 5.73 Å². The van der Waals surface area contributed by atoms with E-state index in [0.29, 0.717) is 5.69 Å². The molecule has 0 fully saturated rings. The van der Waals surface area contributed by atoms with Crippen molar-refractivity contribution in [3.8, 4) is 0 Å². The third kappa shape index (κ3) is 2.64. The molecule has 5 heteroatoms. The number of aliphatic imine (C=N–C) groups is 1. The number of anilines is 2. The fraction of sp³-hybridized carbons (Fsp3) is 0.0870. The Balaban J connectivity index is 1.57. The van der Waals surface area contributed by atoms with E-state index in [4.69, 9.17) is 11.5 Å². The van der Waals surface area contributed by atoms with Crippen molar-refractivity contribution in [3.05, 3.63) is 95.7 Å². The number of nitrogens with two attached hydrogens (primary N) is 2. The largest absolute Gasteiger partial charge is 0.399 e. The Kier molecular flexibility index (Phi) is 3.70. The van der Waals surface area contributed by atoms with Gasteiger partial charge in [-0.15, -0.1) is 0 Å². The first-order chi connectivity index (χ1) is 13.6. The third-order valence-corrected chi connectivity index (χ3v) is 5.35. The topological polar surface area (TPSA) is 81.4 Å². The lowest BCUT2D eigenvalue weighted by atomic mass is 9.89. The maximum atomic E-state index is 6.78. The highest BCUT2D eigenvalue weighted by atomic mass is 15.1. The Bertz CT molecular complexity index is 1190. The van der Waals surface area contributed by atoms with Crippen LogP contribution in [0.15, 0.2) is 84.0 Å². The van der Waals surface area contributed by atoms with E-state index >= 15 is 0 Å². The fourth-order valence-corrected chi connectivity index (χ4v) is 3.86. The van der Waals surface area contributed by atoms with Gasteiger partial charge in [0.25, 0.3) is 0 Å². The lowest BCUT2D eigenvalue weighted by Crippen LogP contribution is -2.39. The maximum Gasteiger partial charge on any atom is 0.163 e. The van der Waals surface area contributed by atoms with E-state index in [1.807, 2.05) is 24.3 Å². The van der Waals surface area contributed by atoms with Gasteiger partial charge in [0, 0.05) is 40.6 Å². The van der Waals surface area contributed by atoms with Crippen molar-refractivity contribution in [3.63, 3.8) is 0 Å². The van der Waals surface area contributed by atoms with Gasteiger partial charge in [-0.25, -0.2) is 4.99 Å². The molecule has 4 aromatic rings. The molecule has 3 aromatic carbocycles. The average Bonchev–Trinajstić information content (AvgIpc) is 3.12. The molecule has 1 aliphatic heterocycles. The Morgan fingerprint density at radius 2 is 1.82 bits per heavy atom. The minimum atomic E-state index is -0.967. The van der Waals surface area contributed by atoms with Crippen LogP contribution in [-0.2, 0) is 12.2 Å².